The number of nitrogens with one attached hydrogen (secondary N) is 2. The fourth-order valence-electron chi connectivity index (χ4n) is 2.10. The summed E-state index contributed by atoms with van der Waals surface area (Å²) in [6, 6.07) is 3.68. The van der Waals surface area contributed by atoms with E-state index in [1.807, 2.05) is 17.5 Å². The molecule has 1 aromatic heterocycles. The molecule has 0 radical (unpaired) electrons. The minimum absolute atomic E-state index is 0.0232. The van der Waals surface area contributed by atoms with Crippen LogP contribution < -0.4 is 10.6 Å². The van der Waals surface area contributed by atoms with Gasteiger partial charge in [0.2, 0.25) is 11.8 Å². The maximum atomic E-state index is 12.1. The van der Waals surface area contributed by atoms with E-state index in [1.165, 1.54) is 0 Å². The van der Waals surface area contributed by atoms with Crippen LogP contribution in [0.4, 0.5) is 0 Å². The standard InChI is InChI=1S/C13H18N2O2S/c1-8(2)12(10-4-3-7-18-10)15-13(17)9-5-6-11(16)14-9/h3-4,7-9,12H,5-6H2,1-2H3,(H,14,16)(H,15,17). The first-order valence-corrected chi connectivity index (χ1v) is 7.09. The van der Waals surface area contributed by atoms with E-state index in [1.54, 1.807) is 11.3 Å². The van der Waals surface area contributed by atoms with Crippen LogP contribution in [0, 0.1) is 5.92 Å². The Bertz CT molecular complexity index is 428. The maximum Gasteiger partial charge on any atom is 0.243 e. The van der Waals surface area contributed by atoms with Crippen LogP contribution in [0.5, 0.6) is 0 Å². The molecule has 2 N–H and O–H groups in total. The molecule has 5 heteroatoms. The summed E-state index contributed by atoms with van der Waals surface area (Å²) < 4.78 is 0. The van der Waals surface area contributed by atoms with E-state index in [-0.39, 0.29) is 23.9 Å². The molecule has 2 rings (SSSR count). The highest BCUT2D eigenvalue weighted by Gasteiger charge is 2.29. The van der Waals surface area contributed by atoms with Gasteiger partial charge in [-0.05, 0) is 23.8 Å². The first-order valence-electron chi connectivity index (χ1n) is 6.21. The molecular formula is C13H18N2O2S. The lowest BCUT2D eigenvalue weighted by Gasteiger charge is -2.23. The highest BCUT2D eigenvalue weighted by molar-refractivity contribution is 7.10. The van der Waals surface area contributed by atoms with Crippen molar-refractivity contribution in [2.75, 3.05) is 0 Å². The normalized spacial score (nSPS) is 20.8. The van der Waals surface area contributed by atoms with Crippen LogP contribution in [0.25, 0.3) is 0 Å². The zero-order chi connectivity index (χ0) is 13.1. The molecule has 0 bridgehead atoms. The lowest BCUT2D eigenvalue weighted by Crippen LogP contribution is -2.44. The van der Waals surface area contributed by atoms with Gasteiger partial charge < -0.3 is 10.6 Å². The summed E-state index contributed by atoms with van der Waals surface area (Å²) >= 11 is 1.64. The van der Waals surface area contributed by atoms with Crippen molar-refractivity contribution >= 4 is 23.2 Å². The second-order valence-electron chi connectivity index (χ2n) is 4.90. The van der Waals surface area contributed by atoms with E-state index in [0.29, 0.717) is 18.8 Å². The van der Waals surface area contributed by atoms with Crippen molar-refractivity contribution in [3.8, 4) is 0 Å². The predicted octanol–water partition coefficient (Wildman–Crippen LogP) is 1.84. The van der Waals surface area contributed by atoms with Crippen LogP contribution >= 0.6 is 11.3 Å². The molecule has 1 aliphatic rings. The molecule has 1 aromatic rings. The van der Waals surface area contributed by atoms with Crippen molar-refractivity contribution in [2.24, 2.45) is 5.92 Å². The molecule has 0 aliphatic carbocycles. The Morgan fingerprint density at radius 3 is 2.83 bits per heavy atom. The Hall–Kier alpha value is -1.36. The molecule has 2 unspecified atom stereocenters. The third kappa shape index (κ3) is 2.90. The summed E-state index contributed by atoms with van der Waals surface area (Å²) in [6.45, 7) is 4.16. The summed E-state index contributed by atoms with van der Waals surface area (Å²) in [6.07, 6.45) is 1.04. The molecule has 0 spiro atoms. The summed E-state index contributed by atoms with van der Waals surface area (Å²) in [4.78, 5) is 24.4. The molecule has 98 valence electrons. The molecular weight excluding hydrogens is 248 g/mol. The molecule has 4 nitrogen and oxygen atoms in total. The number of hydrogen-bond acceptors (Lipinski definition) is 3. The fourth-order valence-corrected chi connectivity index (χ4v) is 3.05. The van der Waals surface area contributed by atoms with Crippen molar-refractivity contribution in [1.82, 2.24) is 10.6 Å². The molecule has 0 aromatic carbocycles. The van der Waals surface area contributed by atoms with Gasteiger partial charge >= 0.3 is 0 Å². The second-order valence-corrected chi connectivity index (χ2v) is 5.88. The maximum absolute atomic E-state index is 12.1. The van der Waals surface area contributed by atoms with E-state index < -0.39 is 0 Å². The Morgan fingerprint density at radius 1 is 1.56 bits per heavy atom. The molecule has 2 atom stereocenters. The monoisotopic (exact) mass is 266 g/mol. The van der Waals surface area contributed by atoms with Gasteiger partial charge in [0.15, 0.2) is 0 Å². The van der Waals surface area contributed by atoms with E-state index in [2.05, 4.69) is 24.5 Å². The topological polar surface area (TPSA) is 58.2 Å². The minimum Gasteiger partial charge on any atom is -0.346 e. The predicted molar refractivity (Wildman–Crippen MR) is 71.2 cm³/mol. The van der Waals surface area contributed by atoms with Crippen LogP contribution in [-0.2, 0) is 9.59 Å². The van der Waals surface area contributed by atoms with E-state index in [9.17, 15) is 9.59 Å². The van der Waals surface area contributed by atoms with E-state index >= 15 is 0 Å². The number of carbonyl (C=O) groups excluding carboxylic acids is 2. The van der Waals surface area contributed by atoms with Gasteiger partial charge in [-0.15, -0.1) is 11.3 Å². The summed E-state index contributed by atoms with van der Waals surface area (Å²) in [5, 5.41) is 7.74. The van der Waals surface area contributed by atoms with Crippen molar-refractivity contribution in [3.05, 3.63) is 22.4 Å². The first-order chi connectivity index (χ1) is 8.58. The van der Waals surface area contributed by atoms with Gasteiger partial charge in [-0.2, -0.15) is 0 Å². The summed E-state index contributed by atoms with van der Waals surface area (Å²) in [5.74, 6) is 0.213. The van der Waals surface area contributed by atoms with Crippen LogP contribution in [-0.4, -0.2) is 17.9 Å². The zero-order valence-corrected chi connectivity index (χ0v) is 11.4. The third-order valence-corrected chi connectivity index (χ3v) is 4.08. The van der Waals surface area contributed by atoms with Crippen molar-refractivity contribution < 1.29 is 9.59 Å². The Balaban J connectivity index is 2.01. The Morgan fingerprint density at radius 2 is 2.33 bits per heavy atom. The van der Waals surface area contributed by atoms with Crippen LogP contribution in [0.3, 0.4) is 0 Å². The van der Waals surface area contributed by atoms with Crippen LogP contribution in [0.2, 0.25) is 0 Å². The van der Waals surface area contributed by atoms with Gasteiger partial charge in [0, 0.05) is 11.3 Å². The number of rotatable bonds is 4. The molecule has 18 heavy (non-hydrogen) atoms. The van der Waals surface area contributed by atoms with Crippen molar-refractivity contribution in [3.63, 3.8) is 0 Å². The van der Waals surface area contributed by atoms with Gasteiger partial charge in [0.1, 0.15) is 6.04 Å². The molecule has 1 saturated heterocycles. The van der Waals surface area contributed by atoms with Gasteiger partial charge in [0.05, 0.1) is 6.04 Å². The van der Waals surface area contributed by atoms with Crippen molar-refractivity contribution in [1.29, 1.82) is 0 Å². The molecule has 2 amide bonds. The van der Waals surface area contributed by atoms with Gasteiger partial charge in [-0.1, -0.05) is 19.9 Å². The Labute approximate surface area is 111 Å². The third-order valence-electron chi connectivity index (χ3n) is 3.13. The average molecular weight is 266 g/mol. The second kappa shape index (κ2) is 5.52. The molecule has 2 heterocycles. The highest BCUT2D eigenvalue weighted by atomic mass is 32.1. The summed E-state index contributed by atoms with van der Waals surface area (Å²) in [7, 11) is 0. The van der Waals surface area contributed by atoms with Gasteiger partial charge in [-0.25, -0.2) is 0 Å². The summed E-state index contributed by atoms with van der Waals surface area (Å²) in [5.41, 5.74) is 0. The average Bonchev–Trinajstić information content (AvgIpc) is 2.95. The number of thiophene rings is 1. The minimum atomic E-state index is -0.362. The van der Waals surface area contributed by atoms with Gasteiger partial charge in [0.25, 0.3) is 0 Å². The highest BCUT2D eigenvalue weighted by Crippen LogP contribution is 2.26. The van der Waals surface area contributed by atoms with E-state index in [4.69, 9.17) is 0 Å². The number of amides is 2. The lowest BCUT2D eigenvalue weighted by molar-refractivity contribution is -0.126. The first kappa shape index (κ1) is 13.1. The fraction of sp³-hybridized carbons (Fsp3) is 0.538. The Kier molecular flexibility index (Phi) is 4.01. The quantitative estimate of drug-likeness (QED) is 0.873. The van der Waals surface area contributed by atoms with Crippen LogP contribution in [0.1, 0.15) is 37.6 Å². The zero-order valence-electron chi connectivity index (χ0n) is 10.6. The molecule has 1 aliphatic heterocycles. The number of hydrogen-bond donors (Lipinski definition) is 2. The van der Waals surface area contributed by atoms with Crippen molar-refractivity contribution in [2.45, 2.75) is 38.8 Å². The number of carbonyl (C=O) groups is 2. The molecule has 0 saturated carbocycles. The largest absolute Gasteiger partial charge is 0.346 e. The SMILES string of the molecule is CC(C)C(NC(=O)C1CCC(=O)N1)c1cccs1. The smallest absolute Gasteiger partial charge is 0.243 e. The van der Waals surface area contributed by atoms with Gasteiger partial charge in [-0.3, -0.25) is 9.59 Å². The van der Waals surface area contributed by atoms with Crippen LogP contribution in [0.15, 0.2) is 17.5 Å². The van der Waals surface area contributed by atoms with E-state index in [0.717, 1.165) is 4.88 Å². The lowest BCUT2D eigenvalue weighted by atomic mass is 10.0. The molecule has 1 fully saturated rings.